The molecule has 3 rings (SSSR count). The minimum atomic E-state index is -4.47. The summed E-state index contributed by atoms with van der Waals surface area (Å²) in [6, 6.07) is 10.7. The van der Waals surface area contributed by atoms with E-state index < -0.39 is 11.7 Å². The summed E-state index contributed by atoms with van der Waals surface area (Å²) in [7, 11) is 0. The van der Waals surface area contributed by atoms with Gasteiger partial charge in [-0.3, -0.25) is 4.98 Å². The van der Waals surface area contributed by atoms with Crippen molar-refractivity contribution in [2.24, 2.45) is 0 Å². The normalized spacial score (nSPS) is 11.4. The summed E-state index contributed by atoms with van der Waals surface area (Å²) >= 11 is 0. The van der Waals surface area contributed by atoms with Gasteiger partial charge in [0.15, 0.2) is 0 Å². The van der Waals surface area contributed by atoms with Crippen molar-refractivity contribution in [3.8, 4) is 22.6 Å². The molecule has 0 fully saturated rings. The SMILES string of the molecule is Nc1nnc(-c2cc(C(F)(F)F)ccn2)c(-c2ccccc2)n1. The molecule has 0 amide bonds. The number of nitrogens with zero attached hydrogens (tertiary/aromatic N) is 4. The molecule has 3 aromatic rings. The van der Waals surface area contributed by atoms with Crippen LogP contribution in [0.5, 0.6) is 0 Å². The Bertz CT molecular complexity index is 834. The Morgan fingerprint density at radius 1 is 0.913 bits per heavy atom. The average Bonchev–Trinajstić information content (AvgIpc) is 2.55. The summed E-state index contributed by atoms with van der Waals surface area (Å²) in [5, 5.41) is 7.51. The molecule has 23 heavy (non-hydrogen) atoms. The van der Waals surface area contributed by atoms with Crippen LogP contribution in [0.15, 0.2) is 48.7 Å². The number of hydrogen-bond acceptors (Lipinski definition) is 5. The number of rotatable bonds is 2. The first-order valence-corrected chi connectivity index (χ1v) is 6.54. The van der Waals surface area contributed by atoms with E-state index in [1.165, 1.54) is 0 Å². The van der Waals surface area contributed by atoms with Gasteiger partial charge in [-0.05, 0) is 12.1 Å². The average molecular weight is 317 g/mol. The molecule has 0 saturated heterocycles. The lowest BCUT2D eigenvalue weighted by molar-refractivity contribution is -0.137. The number of nitrogen functional groups attached to an aromatic ring is 1. The molecule has 0 radical (unpaired) electrons. The molecule has 8 heteroatoms. The number of hydrogen-bond donors (Lipinski definition) is 1. The summed E-state index contributed by atoms with van der Waals surface area (Å²) in [5.74, 6) is -0.0698. The highest BCUT2D eigenvalue weighted by atomic mass is 19.4. The minimum Gasteiger partial charge on any atom is -0.366 e. The van der Waals surface area contributed by atoms with Crippen LogP contribution in [0.4, 0.5) is 19.1 Å². The van der Waals surface area contributed by atoms with Gasteiger partial charge >= 0.3 is 6.18 Å². The van der Waals surface area contributed by atoms with Gasteiger partial charge < -0.3 is 5.73 Å². The number of benzene rings is 1. The zero-order chi connectivity index (χ0) is 16.4. The van der Waals surface area contributed by atoms with Crippen molar-refractivity contribution in [3.63, 3.8) is 0 Å². The highest BCUT2D eigenvalue weighted by Gasteiger charge is 2.31. The van der Waals surface area contributed by atoms with Crippen molar-refractivity contribution in [2.75, 3.05) is 5.73 Å². The first-order valence-electron chi connectivity index (χ1n) is 6.54. The fourth-order valence-corrected chi connectivity index (χ4v) is 2.04. The monoisotopic (exact) mass is 317 g/mol. The van der Waals surface area contributed by atoms with Crippen molar-refractivity contribution in [3.05, 3.63) is 54.2 Å². The van der Waals surface area contributed by atoms with Gasteiger partial charge in [-0.2, -0.15) is 13.2 Å². The van der Waals surface area contributed by atoms with Gasteiger partial charge in [-0.15, -0.1) is 10.2 Å². The molecule has 0 spiro atoms. The molecule has 0 bridgehead atoms. The lowest BCUT2D eigenvalue weighted by atomic mass is 10.1. The first kappa shape index (κ1) is 14.9. The van der Waals surface area contributed by atoms with Crippen molar-refractivity contribution in [2.45, 2.75) is 6.18 Å². The molecular weight excluding hydrogens is 307 g/mol. The molecule has 0 unspecified atom stereocenters. The largest absolute Gasteiger partial charge is 0.416 e. The Balaban J connectivity index is 2.18. The number of anilines is 1. The predicted octanol–water partition coefficient (Wildman–Crippen LogP) is 3.20. The third-order valence-electron chi connectivity index (χ3n) is 3.08. The van der Waals surface area contributed by atoms with E-state index in [4.69, 9.17) is 5.73 Å². The summed E-state index contributed by atoms with van der Waals surface area (Å²) < 4.78 is 38.6. The van der Waals surface area contributed by atoms with Crippen LogP contribution in [0, 0.1) is 0 Å². The molecule has 0 aliphatic carbocycles. The minimum absolute atomic E-state index is 0.0266. The number of pyridine rings is 1. The highest BCUT2D eigenvalue weighted by molar-refractivity contribution is 5.76. The molecule has 116 valence electrons. The standard InChI is InChI=1S/C15H10F3N5/c16-15(17,18)10-6-7-20-11(8-10)13-12(21-14(19)23-22-13)9-4-2-1-3-5-9/h1-8H,(H2,19,21,23). The van der Waals surface area contributed by atoms with Gasteiger partial charge in [0, 0.05) is 11.8 Å². The molecule has 2 heterocycles. The highest BCUT2D eigenvalue weighted by Crippen LogP contribution is 2.33. The third kappa shape index (κ3) is 3.10. The second-order valence-corrected chi connectivity index (χ2v) is 4.66. The second kappa shape index (κ2) is 5.64. The maximum atomic E-state index is 12.9. The van der Waals surface area contributed by atoms with Crippen LogP contribution in [0.2, 0.25) is 0 Å². The molecule has 0 saturated carbocycles. The van der Waals surface area contributed by atoms with Crippen LogP contribution in [0.3, 0.4) is 0 Å². The van der Waals surface area contributed by atoms with Gasteiger partial charge in [0.25, 0.3) is 0 Å². The molecule has 5 nitrogen and oxygen atoms in total. The first-order chi connectivity index (χ1) is 10.9. The smallest absolute Gasteiger partial charge is 0.366 e. The van der Waals surface area contributed by atoms with Gasteiger partial charge in [0.1, 0.15) is 11.4 Å². The maximum Gasteiger partial charge on any atom is 0.416 e. The zero-order valence-electron chi connectivity index (χ0n) is 11.6. The van der Waals surface area contributed by atoms with Crippen molar-refractivity contribution in [1.29, 1.82) is 0 Å². The van der Waals surface area contributed by atoms with Crippen LogP contribution in [0.1, 0.15) is 5.56 Å². The van der Waals surface area contributed by atoms with Crippen molar-refractivity contribution < 1.29 is 13.2 Å². The lowest BCUT2D eigenvalue weighted by Gasteiger charge is -2.10. The molecular formula is C15H10F3N5. The van der Waals surface area contributed by atoms with E-state index in [-0.39, 0.29) is 17.3 Å². The van der Waals surface area contributed by atoms with Crippen LogP contribution >= 0.6 is 0 Å². The molecule has 0 aliphatic heterocycles. The van der Waals surface area contributed by atoms with E-state index in [2.05, 4.69) is 20.2 Å². The van der Waals surface area contributed by atoms with Crippen molar-refractivity contribution >= 4 is 5.95 Å². The van der Waals surface area contributed by atoms with E-state index >= 15 is 0 Å². The van der Waals surface area contributed by atoms with Gasteiger partial charge in [-0.25, -0.2) is 4.98 Å². The summed E-state index contributed by atoms with van der Waals surface area (Å²) in [5.41, 5.74) is 5.88. The van der Waals surface area contributed by atoms with Gasteiger partial charge in [0.05, 0.1) is 11.3 Å². The van der Waals surface area contributed by atoms with Gasteiger partial charge in [0.2, 0.25) is 5.95 Å². The molecule has 0 aliphatic rings. The topological polar surface area (TPSA) is 77.6 Å². The van der Waals surface area contributed by atoms with Gasteiger partial charge in [-0.1, -0.05) is 30.3 Å². The summed E-state index contributed by atoms with van der Waals surface area (Å²) in [6.45, 7) is 0. The Labute approximate surface area is 129 Å². The number of alkyl halides is 3. The molecule has 2 N–H and O–H groups in total. The number of nitrogens with two attached hydrogens (primary N) is 1. The summed E-state index contributed by atoms with van der Waals surface area (Å²) in [6.07, 6.45) is -3.40. The molecule has 0 atom stereocenters. The van der Waals surface area contributed by atoms with Crippen LogP contribution in [0.25, 0.3) is 22.6 Å². The quantitative estimate of drug-likeness (QED) is 0.785. The Morgan fingerprint density at radius 2 is 1.65 bits per heavy atom. The van der Waals surface area contributed by atoms with E-state index in [1.54, 1.807) is 24.3 Å². The van der Waals surface area contributed by atoms with E-state index in [0.29, 0.717) is 11.3 Å². The van der Waals surface area contributed by atoms with Crippen molar-refractivity contribution in [1.82, 2.24) is 20.2 Å². The second-order valence-electron chi connectivity index (χ2n) is 4.66. The Kier molecular flexibility index (Phi) is 3.65. The maximum absolute atomic E-state index is 12.9. The fraction of sp³-hybridized carbons (Fsp3) is 0.0667. The van der Waals surface area contributed by atoms with E-state index in [0.717, 1.165) is 18.3 Å². The summed E-state index contributed by atoms with van der Waals surface area (Å²) in [4.78, 5) is 8.05. The molecule has 2 aromatic heterocycles. The fourth-order valence-electron chi connectivity index (χ4n) is 2.04. The molecule has 1 aromatic carbocycles. The van der Waals surface area contributed by atoms with E-state index in [1.807, 2.05) is 6.07 Å². The lowest BCUT2D eigenvalue weighted by Crippen LogP contribution is -2.07. The van der Waals surface area contributed by atoms with Crippen LogP contribution < -0.4 is 5.73 Å². The van der Waals surface area contributed by atoms with Crippen LogP contribution in [-0.4, -0.2) is 20.2 Å². The Hall–Kier alpha value is -3.03. The Morgan fingerprint density at radius 3 is 2.35 bits per heavy atom. The zero-order valence-corrected chi connectivity index (χ0v) is 11.6. The third-order valence-corrected chi connectivity index (χ3v) is 3.08. The number of aromatic nitrogens is 4. The number of halogens is 3. The van der Waals surface area contributed by atoms with E-state index in [9.17, 15) is 13.2 Å². The van der Waals surface area contributed by atoms with Crippen LogP contribution in [-0.2, 0) is 6.18 Å². The predicted molar refractivity (Wildman–Crippen MR) is 77.9 cm³/mol.